The van der Waals surface area contributed by atoms with Crippen LogP contribution in [0.5, 0.6) is 0 Å². The largest absolute Gasteiger partial charge is 0.393 e. The van der Waals surface area contributed by atoms with Crippen molar-refractivity contribution in [2.75, 3.05) is 0 Å². The highest BCUT2D eigenvalue weighted by atomic mass is 16.7. The zero-order valence-corrected chi connectivity index (χ0v) is 19.5. The Labute approximate surface area is 170 Å². The van der Waals surface area contributed by atoms with Crippen LogP contribution in [0, 0.1) is 5.92 Å². The third-order valence-electron chi connectivity index (χ3n) is 7.09. The van der Waals surface area contributed by atoms with E-state index in [0.29, 0.717) is 12.0 Å². The van der Waals surface area contributed by atoms with Crippen LogP contribution in [0.3, 0.4) is 0 Å². The average Bonchev–Trinajstić information content (AvgIpc) is 2.65. The summed E-state index contributed by atoms with van der Waals surface area (Å²) in [5.74, 6) is 0.645. The Bertz CT molecular complexity index is 366. The smallest absolute Gasteiger partial charge is 0.0796 e. The fourth-order valence-electron chi connectivity index (χ4n) is 5.18. The maximum absolute atomic E-state index is 10.7. The Balaban J connectivity index is 3.09. The number of hydrogen-bond acceptors (Lipinski definition) is 3. The van der Waals surface area contributed by atoms with E-state index in [0.717, 1.165) is 51.4 Å². The third kappa shape index (κ3) is 6.44. The SMILES string of the molecule is CCCCCCC(CC(C)C)ON1C(CC)(CC)CC(O)CC1(CC)CC. The van der Waals surface area contributed by atoms with Crippen LogP contribution in [-0.4, -0.2) is 33.5 Å². The van der Waals surface area contributed by atoms with Gasteiger partial charge < -0.3 is 5.11 Å². The molecule has 0 radical (unpaired) electrons. The maximum Gasteiger partial charge on any atom is 0.0796 e. The van der Waals surface area contributed by atoms with Crippen molar-refractivity contribution in [2.45, 2.75) is 149 Å². The molecular weight excluding hydrogens is 334 g/mol. The summed E-state index contributed by atoms with van der Waals surface area (Å²) in [5.41, 5.74) is -0.0787. The highest BCUT2D eigenvalue weighted by molar-refractivity contribution is 5.03. The second-order valence-electron chi connectivity index (χ2n) is 9.43. The van der Waals surface area contributed by atoms with Crippen molar-refractivity contribution in [3.63, 3.8) is 0 Å². The Hall–Kier alpha value is -0.120. The van der Waals surface area contributed by atoms with Gasteiger partial charge in [-0.3, -0.25) is 4.84 Å². The minimum atomic E-state index is -0.210. The van der Waals surface area contributed by atoms with Crippen LogP contribution >= 0.6 is 0 Å². The molecule has 0 saturated carbocycles. The van der Waals surface area contributed by atoms with Gasteiger partial charge in [-0.1, -0.05) is 74.1 Å². The highest BCUT2D eigenvalue weighted by Crippen LogP contribution is 2.47. The number of aliphatic hydroxyl groups is 1. The van der Waals surface area contributed by atoms with Crippen molar-refractivity contribution in [1.82, 2.24) is 5.06 Å². The molecule has 0 aliphatic carbocycles. The van der Waals surface area contributed by atoms with Gasteiger partial charge in [-0.2, -0.15) is 5.06 Å². The lowest BCUT2D eigenvalue weighted by Gasteiger charge is -2.58. The molecule has 1 saturated heterocycles. The first kappa shape index (κ1) is 24.9. The predicted molar refractivity (Wildman–Crippen MR) is 117 cm³/mol. The second-order valence-corrected chi connectivity index (χ2v) is 9.43. The summed E-state index contributed by atoms with van der Waals surface area (Å²) in [5, 5.41) is 13.2. The molecule has 1 N–H and O–H groups in total. The minimum Gasteiger partial charge on any atom is -0.393 e. The van der Waals surface area contributed by atoms with E-state index in [4.69, 9.17) is 4.84 Å². The Morgan fingerprint density at radius 3 is 1.81 bits per heavy atom. The predicted octanol–water partition coefficient (Wildman–Crippen LogP) is 6.88. The highest BCUT2D eigenvalue weighted by Gasteiger charge is 2.52. The van der Waals surface area contributed by atoms with E-state index in [2.05, 4.69) is 53.5 Å². The average molecular weight is 384 g/mol. The molecule has 0 spiro atoms. The molecule has 1 atom stereocenters. The van der Waals surface area contributed by atoms with Gasteiger partial charge in [0.2, 0.25) is 0 Å². The molecule has 3 nitrogen and oxygen atoms in total. The van der Waals surface area contributed by atoms with E-state index in [-0.39, 0.29) is 17.2 Å². The third-order valence-corrected chi connectivity index (χ3v) is 7.09. The first-order chi connectivity index (χ1) is 12.8. The van der Waals surface area contributed by atoms with E-state index in [1.165, 1.54) is 25.7 Å². The van der Waals surface area contributed by atoms with Crippen molar-refractivity contribution in [2.24, 2.45) is 5.92 Å². The lowest BCUT2D eigenvalue weighted by Crippen LogP contribution is -2.66. The van der Waals surface area contributed by atoms with Crippen LogP contribution < -0.4 is 0 Å². The number of piperidine rings is 1. The fraction of sp³-hybridized carbons (Fsp3) is 1.00. The summed E-state index contributed by atoms with van der Waals surface area (Å²) in [6.07, 6.45) is 13.4. The summed E-state index contributed by atoms with van der Waals surface area (Å²) in [6.45, 7) is 16.0. The number of hydroxylamine groups is 2. The van der Waals surface area contributed by atoms with Gasteiger partial charge in [0, 0.05) is 11.1 Å². The summed E-state index contributed by atoms with van der Waals surface area (Å²) < 4.78 is 0. The zero-order valence-electron chi connectivity index (χ0n) is 19.5. The van der Waals surface area contributed by atoms with E-state index in [9.17, 15) is 5.11 Å². The Kier molecular flexibility index (Phi) is 10.9. The van der Waals surface area contributed by atoms with Crippen molar-refractivity contribution >= 4 is 0 Å². The summed E-state index contributed by atoms with van der Waals surface area (Å²) in [7, 11) is 0. The monoisotopic (exact) mass is 383 g/mol. The van der Waals surface area contributed by atoms with Crippen LogP contribution in [0.15, 0.2) is 0 Å². The minimum absolute atomic E-state index is 0.0394. The lowest BCUT2D eigenvalue weighted by molar-refractivity contribution is -0.335. The number of hydrogen-bond donors (Lipinski definition) is 1. The van der Waals surface area contributed by atoms with E-state index in [1.54, 1.807) is 0 Å². The molecule has 3 heteroatoms. The van der Waals surface area contributed by atoms with Gasteiger partial charge in [0.25, 0.3) is 0 Å². The van der Waals surface area contributed by atoms with E-state index < -0.39 is 0 Å². The molecule has 0 aromatic carbocycles. The fourth-order valence-corrected chi connectivity index (χ4v) is 5.18. The molecule has 1 rings (SSSR count). The molecule has 1 unspecified atom stereocenters. The number of rotatable bonds is 13. The van der Waals surface area contributed by atoms with Crippen molar-refractivity contribution in [3.05, 3.63) is 0 Å². The van der Waals surface area contributed by atoms with Gasteiger partial charge in [0.1, 0.15) is 0 Å². The maximum atomic E-state index is 10.7. The number of aliphatic hydroxyl groups excluding tert-OH is 1. The van der Waals surface area contributed by atoms with Crippen molar-refractivity contribution in [3.8, 4) is 0 Å². The quantitative estimate of drug-likeness (QED) is 0.352. The first-order valence-corrected chi connectivity index (χ1v) is 12.0. The van der Waals surface area contributed by atoms with Gasteiger partial charge >= 0.3 is 0 Å². The molecule has 1 aliphatic rings. The van der Waals surface area contributed by atoms with Crippen LogP contribution in [0.2, 0.25) is 0 Å². The van der Waals surface area contributed by atoms with Crippen molar-refractivity contribution in [1.29, 1.82) is 0 Å². The van der Waals surface area contributed by atoms with Crippen LogP contribution in [0.1, 0.15) is 126 Å². The van der Waals surface area contributed by atoms with Gasteiger partial charge in [0.05, 0.1) is 12.2 Å². The molecule has 162 valence electrons. The summed E-state index contributed by atoms with van der Waals surface area (Å²) >= 11 is 0. The molecule has 27 heavy (non-hydrogen) atoms. The van der Waals surface area contributed by atoms with Crippen LogP contribution in [0.4, 0.5) is 0 Å². The van der Waals surface area contributed by atoms with Crippen LogP contribution in [0.25, 0.3) is 0 Å². The molecular formula is C24H49NO2. The van der Waals surface area contributed by atoms with Gasteiger partial charge in [0.15, 0.2) is 0 Å². The lowest BCUT2D eigenvalue weighted by atomic mass is 9.72. The Morgan fingerprint density at radius 2 is 1.41 bits per heavy atom. The summed E-state index contributed by atoms with van der Waals surface area (Å²) in [6, 6.07) is 0. The van der Waals surface area contributed by atoms with Crippen molar-refractivity contribution < 1.29 is 9.94 Å². The van der Waals surface area contributed by atoms with E-state index >= 15 is 0 Å². The molecule has 0 aromatic heterocycles. The standard InChI is InChI=1S/C24H49NO2/c1-8-13-14-15-16-22(17-20(6)7)27-25-23(9-2,10-3)18-21(26)19-24(25,11-4)12-5/h20-22,26H,8-19H2,1-7H3. The molecule has 1 heterocycles. The second kappa shape index (κ2) is 11.8. The van der Waals surface area contributed by atoms with Crippen LogP contribution in [-0.2, 0) is 4.84 Å². The van der Waals surface area contributed by atoms with E-state index in [1.807, 2.05) is 0 Å². The Morgan fingerprint density at radius 1 is 0.889 bits per heavy atom. The topological polar surface area (TPSA) is 32.7 Å². The molecule has 1 fully saturated rings. The zero-order chi connectivity index (χ0) is 20.5. The molecule has 0 amide bonds. The summed E-state index contributed by atoms with van der Waals surface area (Å²) in [4.78, 5) is 6.95. The molecule has 1 aliphatic heterocycles. The van der Waals surface area contributed by atoms with Gasteiger partial charge in [-0.05, 0) is 57.3 Å². The first-order valence-electron chi connectivity index (χ1n) is 12.0. The number of unbranched alkanes of at least 4 members (excludes halogenated alkanes) is 3. The molecule has 0 bridgehead atoms. The van der Waals surface area contributed by atoms with Gasteiger partial charge in [-0.15, -0.1) is 0 Å². The van der Waals surface area contributed by atoms with Gasteiger partial charge in [-0.25, -0.2) is 0 Å². The normalized spacial score (nSPS) is 21.7. The molecule has 0 aromatic rings. The number of nitrogens with zero attached hydrogens (tertiary/aromatic N) is 1.